The van der Waals surface area contributed by atoms with E-state index >= 15 is 0 Å². The molecule has 0 aromatic carbocycles. The average Bonchev–Trinajstić information content (AvgIpc) is 2.17. The Morgan fingerprint density at radius 2 is 2.14 bits per heavy atom. The molecule has 0 rings (SSSR count). The van der Waals surface area contributed by atoms with Crippen LogP contribution in [-0.4, -0.2) is 28.3 Å². The van der Waals surface area contributed by atoms with Crippen LogP contribution in [0, 0.1) is 0 Å². The van der Waals surface area contributed by atoms with Crippen LogP contribution in [0.5, 0.6) is 0 Å². The lowest BCUT2D eigenvalue weighted by molar-refractivity contribution is -0.130. The summed E-state index contributed by atoms with van der Waals surface area (Å²) in [6.07, 6.45) is 3.42. The minimum atomic E-state index is -1.47. The third-order valence-corrected chi connectivity index (χ3v) is 4.47. The molecule has 1 atom stereocenters. The summed E-state index contributed by atoms with van der Waals surface area (Å²) in [4.78, 5) is 11.4. The van der Waals surface area contributed by atoms with E-state index in [0.717, 1.165) is 12.5 Å². The fraction of sp³-hybridized carbons (Fsp3) is 0.700. The lowest BCUT2D eigenvalue weighted by Crippen LogP contribution is -2.28. The monoisotopic (exact) mass is 216 g/mol. The van der Waals surface area contributed by atoms with E-state index < -0.39 is 9.04 Å². The molecule has 0 spiro atoms. The molecule has 0 fully saturated rings. The number of allylic oxidation sites excluding steroid dienone is 1. The van der Waals surface area contributed by atoms with Gasteiger partial charge < -0.3 is 9.16 Å². The van der Waals surface area contributed by atoms with Gasteiger partial charge in [-0.2, -0.15) is 0 Å². The summed E-state index contributed by atoms with van der Waals surface area (Å²) >= 11 is 0. The van der Waals surface area contributed by atoms with E-state index in [1.54, 1.807) is 20.1 Å². The number of rotatable bonds is 6. The molecule has 0 saturated carbocycles. The average molecular weight is 216 g/mol. The molecule has 0 aliphatic heterocycles. The zero-order chi connectivity index (χ0) is 11.0. The minimum Gasteiger partial charge on any atom is -0.516 e. The van der Waals surface area contributed by atoms with Crippen LogP contribution >= 0.6 is 0 Å². The highest BCUT2D eigenvalue weighted by Gasteiger charge is 2.16. The van der Waals surface area contributed by atoms with Crippen LogP contribution in [0.1, 0.15) is 27.2 Å². The normalized spacial score (nSPS) is 13.9. The molecule has 0 radical (unpaired) electrons. The number of ether oxygens (including phenoxy) is 1. The predicted molar refractivity (Wildman–Crippen MR) is 59.6 cm³/mol. The van der Waals surface area contributed by atoms with Crippen LogP contribution < -0.4 is 0 Å². The summed E-state index contributed by atoms with van der Waals surface area (Å²) in [5.41, 5.74) is 0.676. The van der Waals surface area contributed by atoms with Crippen molar-refractivity contribution in [3.05, 3.63) is 11.6 Å². The van der Waals surface area contributed by atoms with Crippen LogP contribution in [-0.2, 0) is 14.0 Å². The molecule has 14 heavy (non-hydrogen) atoms. The van der Waals surface area contributed by atoms with Crippen LogP contribution in [0.4, 0.5) is 0 Å². The molecule has 0 aliphatic rings. The summed E-state index contributed by atoms with van der Waals surface area (Å²) in [5, 5.41) is 0. The molecule has 0 bridgehead atoms. The molecule has 1 unspecified atom stereocenters. The van der Waals surface area contributed by atoms with Gasteiger partial charge >= 0.3 is 5.97 Å². The van der Waals surface area contributed by atoms with Crippen molar-refractivity contribution in [1.82, 2.24) is 0 Å². The van der Waals surface area contributed by atoms with Crippen molar-refractivity contribution in [2.24, 2.45) is 0 Å². The van der Waals surface area contributed by atoms with E-state index in [-0.39, 0.29) is 5.97 Å². The van der Waals surface area contributed by atoms with Crippen LogP contribution in [0.25, 0.3) is 0 Å². The number of hydrogen-bond acceptors (Lipinski definition) is 3. The van der Waals surface area contributed by atoms with Gasteiger partial charge in [0.25, 0.3) is 9.04 Å². The first kappa shape index (κ1) is 13.4. The van der Waals surface area contributed by atoms with Gasteiger partial charge in [-0.25, -0.2) is 4.79 Å². The molecule has 82 valence electrons. The van der Waals surface area contributed by atoms with E-state index in [1.165, 1.54) is 0 Å². The lowest BCUT2D eigenvalue weighted by Gasteiger charge is -2.14. The molecule has 0 aliphatic carbocycles. The van der Waals surface area contributed by atoms with E-state index in [2.05, 4.69) is 6.92 Å². The Labute approximate surface area is 87.8 Å². The zero-order valence-corrected chi connectivity index (χ0v) is 10.7. The molecule has 3 nitrogen and oxygen atoms in total. The van der Waals surface area contributed by atoms with Crippen molar-refractivity contribution >= 4 is 15.0 Å². The molecule has 0 amide bonds. The van der Waals surface area contributed by atoms with E-state index in [9.17, 15) is 4.79 Å². The van der Waals surface area contributed by atoms with Crippen molar-refractivity contribution in [2.45, 2.75) is 33.2 Å². The standard InChI is InChI=1S/C10H20O3Si/c1-5-7-14(8-12-4)13-10(11)9(3)6-2/h6,14H,5,7-8H2,1-4H3. The van der Waals surface area contributed by atoms with Crippen molar-refractivity contribution < 1.29 is 14.0 Å². The summed E-state index contributed by atoms with van der Waals surface area (Å²) in [6, 6.07) is 0.983. The van der Waals surface area contributed by atoms with E-state index in [1.807, 2.05) is 6.92 Å². The molecule has 0 saturated heterocycles. The van der Waals surface area contributed by atoms with Crippen LogP contribution in [0.3, 0.4) is 0 Å². The smallest absolute Gasteiger partial charge is 0.319 e. The van der Waals surface area contributed by atoms with Gasteiger partial charge in [0.15, 0.2) is 0 Å². The Hall–Kier alpha value is -0.613. The van der Waals surface area contributed by atoms with Crippen molar-refractivity contribution in [1.29, 1.82) is 0 Å². The van der Waals surface area contributed by atoms with Gasteiger partial charge in [-0.05, 0) is 19.9 Å². The first-order valence-electron chi connectivity index (χ1n) is 4.98. The number of carbonyl (C=O) groups excluding carboxylic acids is 1. The second kappa shape index (κ2) is 7.76. The van der Waals surface area contributed by atoms with Gasteiger partial charge in [-0.1, -0.05) is 19.4 Å². The molecule has 0 N–H and O–H groups in total. The van der Waals surface area contributed by atoms with Crippen LogP contribution in [0.2, 0.25) is 6.04 Å². The Morgan fingerprint density at radius 1 is 1.50 bits per heavy atom. The van der Waals surface area contributed by atoms with Crippen LogP contribution in [0.15, 0.2) is 11.6 Å². The largest absolute Gasteiger partial charge is 0.516 e. The molecular formula is C10H20O3Si. The Kier molecular flexibility index (Phi) is 7.42. The van der Waals surface area contributed by atoms with Crippen molar-refractivity contribution in [2.75, 3.05) is 13.3 Å². The maximum atomic E-state index is 11.4. The van der Waals surface area contributed by atoms with Crippen molar-refractivity contribution in [3.63, 3.8) is 0 Å². The lowest BCUT2D eigenvalue weighted by atomic mass is 10.3. The molecule has 0 aromatic rings. The summed E-state index contributed by atoms with van der Waals surface area (Å²) in [5.74, 6) is -0.185. The predicted octanol–water partition coefficient (Wildman–Crippen LogP) is 1.82. The number of methoxy groups -OCH3 is 1. The second-order valence-corrected chi connectivity index (χ2v) is 5.63. The highest BCUT2D eigenvalue weighted by molar-refractivity contribution is 6.54. The number of hydrogen-bond donors (Lipinski definition) is 0. The maximum absolute atomic E-state index is 11.4. The molecule has 0 aromatic heterocycles. The highest BCUT2D eigenvalue weighted by Crippen LogP contribution is 2.04. The SMILES string of the molecule is CC=C(C)C(=O)O[SiH](CCC)COC. The van der Waals surface area contributed by atoms with Gasteiger partial charge in [0.2, 0.25) is 0 Å². The maximum Gasteiger partial charge on any atom is 0.319 e. The second-order valence-electron chi connectivity index (χ2n) is 3.24. The van der Waals surface area contributed by atoms with Crippen molar-refractivity contribution in [3.8, 4) is 0 Å². The van der Waals surface area contributed by atoms with Gasteiger partial charge in [-0.15, -0.1) is 0 Å². The fourth-order valence-corrected chi connectivity index (χ4v) is 2.90. The summed E-state index contributed by atoms with van der Waals surface area (Å²) in [6.45, 7) is 5.70. The van der Waals surface area contributed by atoms with E-state index in [4.69, 9.17) is 9.16 Å². The number of carbonyl (C=O) groups is 1. The summed E-state index contributed by atoms with van der Waals surface area (Å²) < 4.78 is 10.4. The molecule has 0 heterocycles. The van der Waals surface area contributed by atoms with Gasteiger partial charge in [0, 0.05) is 12.7 Å². The summed E-state index contributed by atoms with van der Waals surface area (Å²) in [7, 11) is 0.171. The van der Waals surface area contributed by atoms with Gasteiger partial charge in [-0.3, -0.25) is 0 Å². The highest BCUT2D eigenvalue weighted by atomic mass is 28.3. The quantitative estimate of drug-likeness (QED) is 0.502. The molecular weight excluding hydrogens is 196 g/mol. The third-order valence-electron chi connectivity index (χ3n) is 1.99. The molecule has 4 heteroatoms. The first-order valence-corrected chi connectivity index (χ1v) is 7.08. The third kappa shape index (κ3) is 5.19. The van der Waals surface area contributed by atoms with Gasteiger partial charge in [0.05, 0.1) is 6.23 Å². The van der Waals surface area contributed by atoms with Gasteiger partial charge in [0.1, 0.15) is 0 Å². The Morgan fingerprint density at radius 3 is 2.57 bits per heavy atom. The van der Waals surface area contributed by atoms with E-state index in [0.29, 0.717) is 11.8 Å². The topological polar surface area (TPSA) is 35.5 Å². The Balaban J connectivity index is 4.08. The first-order chi connectivity index (χ1) is 6.65. The Bertz CT molecular complexity index is 196. The zero-order valence-electron chi connectivity index (χ0n) is 9.50. The fourth-order valence-electron chi connectivity index (χ4n) is 1.05. The minimum absolute atomic E-state index is 0.185.